The lowest BCUT2D eigenvalue weighted by molar-refractivity contribution is -0.122. The summed E-state index contributed by atoms with van der Waals surface area (Å²) in [4.78, 5) is 16.7. The zero-order chi connectivity index (χ0) is 15.7. The van der Waals surface area contributed by atoms with E-state index in [0.717, 1.165) is 52.1 Å². The highest BCUT2D eigenvalue weighted by atomic mass is 16.1. The third-order valence-electron chi connectivity index (χ3n) is 4.18. The molecule has 5 nitrogen and oxygen atoms in total. The van der Waals surface area contributed by atoms with E-state index < -0.39 is 0 Å². The summed E-state index contributed by atoms with van der Waals surface area (Å²) in [5.74, 6) is 1.08. The molecule has 1 aliphatic rings. The van der Waals surface area contributed by atoms with Crippen LogP contribution in [0, 0.1) is 11.8 Å². The lowest BCUT2D eigenvalue weighted by atomic mass is 9.94. The van der Waals surface area contributed by atoms with Crippen LogP contribution in [-0.4, -0.2) is 68.6 Å². The summed E-state index contributed by atoms with van der Waals surface area (Å²) in [6.45, 7) is 11.4. The van der Waals surface area contributed by atoms with Crippen LogP contribution in [0.15, 0.2) is 0 Å². The van der Waals surface area contributed by atoms with Crippen LogP contribution in [0.25, 0.3) is 0 Å². The zero-order valence-corrected chi connectivity index (χ0v) is 14.1. The first-order valence-corrected chi connectivity index (χ1v) is 8.39. The van der Waals surface area contributed by atoms with Crippen molar-refractivity contribution in [1.82, 2.24) is 15.1 Å². The average molecular weight is 298 g/mol. The maximum absolute atomic E-state index is 11.9. The molecule has 1 aliphatic heterocycles. The van der Waals surface area contributed by atoms with Crippen molar-refractivity contribution in [2.24, 2.45) is 17.6 Å². The number of nitrogens with one attached hydrogen (secondary N) is 1. The molecule has 3 N–H and O–H groups in total. The summed E-state index contributed by atoms with van der Waals surface area (Å²) in [6.07, 6.45) is 2.64. The predicted molar refractivity (Wildman–Crippen MR) is 88.2 cm³/mol. The van der Waals surface area contributed by atoms with Crippen LogP contribution < -0.4 is 11.1 Å². The van der Waals surface area contributed by atoms with Crippen molar-refractivity contribution in [1.29, 1.82) is 0 Å². The van der Waals surface area contributed by atoms with Crippen molar-refractivity contribution in [3.8, 4) is 0 Å². The first kappa shape index (κ1) is 18.4. The van der Waals surface area contributed by atoms with E-state index in [4.69, 9.17) is 5.73 Å². The number of piperazine rings is 1. The fourth-order valence-corrected chi connectivity index (χ4v) is 2.87. The standard InChI is InChI=1S/C16H34N4O/c1-14(2)11-15(13-17)12-16(21)18-5-4-6-20-9-7-19(3)8-10-20/h14-15H,4-13,17H2,1-3H3,(H,18,21). The number of nitrogens with zero attached hydrogens (tertiary/aromatic N) is 2. The molecule has 0 bridgehead atoms. The summed E-state index contributed by atoms with van der Waals surface area (Å²) in [5.41, 5.74) is 5.74. The van der Waals surface area contributed by atoms with Gasteiger partial charge in [-0.15, -0.1) is 0 Å². The molecule has 1 atom stereocenters. The van der Waals surface area contributed by atoms with Crippen LogP contribution in [0.4, 0.5) is 0 Å². The number of amides is 1. The molecule has 0 saturated carbocycles. The summed E-state index contributed by atoms with van der Waals surface area (Å²) in [7, 11) is 2.17. The first-order chi connectivity index (χ1) is 10.0. The van der Waals surface area contributed by atoms with Crippen molar-refractivity contribution in [2.45, 2.75) is 33.1 Å². The lowest BCUT2D eigenvalue weighted by Crippen LogP contribution is -2.45. The molecule has 0 radical (unpaired) electrons. The topological polar surface area (TPSA) is 61.6 Å². The molecule has 1 heterocycles. The number of carbonyl (C=O) groups excluding carboxylic acids is 1. The number of nitrogens with two attached hydrogens (primary N) is 1. The molecule has 0 aromatic rings. The highest BCUT2D eigenvalue weighted by Crippen LogP contribution is 2.13. The number of rotatable bonds is 9. The number of hydrogen-bond acceptors (Lipinski definition) is 4. The van der Waals surface area contributed by atoms with Crippen molar-refractivity contribution in [2.75, 3.05) is 52.9 Å². The van der Waals surface area contributed by atoms with E-state index >= 15 is 0 Å². The Morgan fingerprint density at radius 1 is 1.24 bits per heavy atom. The van der Waals surface area contributed by atoms with E-state index in [1.165, 1.54) is 0 Å². The molecule has 1 saturated heterocycles. The molecule has 1 amide bonds. The Hall–Kier alpha value is -0.650. The van der Waals surface area contributed by atoms with Crippen LogP contribution >= 0.6 is 0 Å². The van der Waals surface area contributed by atoms with Crippen LogP contribution in [0.5, 0.6) is 0 Å². The Labute approximate surface area is 130 Å². The first-order valence-electron chi connectivity index (χ1n) is 8.39. The van der Waals surface area contributed by atoms with Crippen LogP contribution in [0.3, 0.4) is 0 Å². The quantitative estimate of drug-likeness (QED) is 0.617. The van der Waals surface area contributed by atoms with Gasteiger partial charge in [-0.2, -0.15) is 0 Å². The molecule has 1 rings (SSSR count). The lowest BCUT2D eigenvalue weighted by Gasteiger charge is -2.32. The SMILES string of the molecule is CC(C)CC(CN)CC(=O)NCCCN1CCN(C)CC1. The predicted octanol–water partition coefficient (Wildman–Crippen LogP) is 0.751. The van der Waals surface area contributed by atoms with Gasteiger partial charge >= 0.3 is 0 Å². The largest absolute Gasteiger partial charge is 0.356 e. The second kappa shape index (κ2) is 10.1. The molecule has 0 aromatic heterocycles. The van der Waals surface area contributed by atoms with Gasteiger partial charge in [0.1, 0.15) is 0 Å². The van der Waals surface area contributed by atoms with E-state index in [0.29, 0.717) is 24.8 Å². The van der Waals surface area contributed by atoms with Crippen LogP contribution in [0.1, 0.15) is 33.1 Å². The molecule has 0 aliphatic carbocycles. The van der Waals surface area contributed by atoms with Gasteiger partial charge in [-0.1, -0.05) is 13.8 Å². The van der Waals surface area contributed by atoms with Gasteiger partial charge in [-0.3, -0.25) is 4.79 Å². The van der Waals surface area contributed by atoms with Crippen molar-refractivity contribution >= 4 is 5.91 Å². The van der Waals surface area contributed by atoms with Crippen LogP contribution in [-0.2, 0) is 4.79 Å². The van der Waals surface area contributed by atoms with Crippen molar-refractivity contribution < 1.29 is 4.79 Å². The second-order valence-electron chi connectivity index (χ2n) is 6.78. The Balaban J connectivity index is 2.07. The van der Waals surface area contributed by atoms with Gasteiger partial charge in [0.15, 0.2) is 0 Å². The van der Waals surface area contributed by atoms with E-state index in [-0.39, 0.29) is 5.91 Å². The molecular formula is C16H34N4O. The molecule has 0 aromatic carbocycles. The normalized spacial score (nSPS) is 18.9. The van der Waals surface area contributed by atoms with E-state index in [1.54, 1.807) is 0 Å². The Morgan fingerprint density at radius 2 is 1.90 bits per heavy atom. The Bertz CT molecular complexity index is 288. The fraction of sp³-hybridized carbons (Fsp3) is 0.938. The molecular weight excluding hydrogens is 264 g/mol. The molecule has 124 valence electrons. The van der Waals surface area contributed by atoms with Gasteiger partial charge in [0.2, 0.25) is 5.91 Å². The van der Waals surface area contributed by atoms with Gasteiger partial charge < -0.3 is 20.9 Å². The van der Waals surface area contributed by atoms with Gasteiger partial charge in [0.25, 0.3) is 0 Å². The van der Waals surface area contributed by atoms with Gasteiger partial charge in [0, 0.05) is 39.1 Å². The van der Waals surface area contributed by atoms with E-state index in [9.17, 15) is 4.79 Å². The highest BCUT2D eigenvalue weighted by Gasteiger charge is 2.15. The Kier molecular flexibility index (Phi) is 8.88. The summed E-state index contributed by atoms with van der Waals surface area (Å²) in [6, 6.07) is 0. The minimum absolute atomic E-state index is 0.157. The average Bonchev–Trinajstić information content (AvgIpc) is 2.44. The molecule has 21 heavy (non-hydrogen) atoms. The minimum atomic E-state index is 0.157. The monoisotopic (exact) mass is 298 g/mol. The maximum atomic E-state index is 11.9. The number of likely N-dealkylation sites (N-methyl/N-ethyl adjacent to an activating group) is 1. The Morgan fingerprint density at radius 3 is 2.48 bits per heavy atom. The maximum Gasteiger partial charge on any atom is 0.220 e. The minimum Gasteiger partial charge on any atom is -0.356 e. The zero-order valence-electron chi connectivity index (χ0n) is 14.1. The molecule has 5 heteroatoms. The summed E-state index contributed by atoms with van der Waals surface area (Å²) >= 11 is 0. The number of hydrogen-bond donors (Lipinski definition) is 2. The third-order valence-corrected chi connectivity index (χ3v) is 4.18. The third kappa shape index (κ3) is 8.39. The van der Waals surface area contributed by atoms with Crippen LogP contribution in [0.2, 0.25) is 0 Å². The summed E-state index contributed by atoms with van der Waals surface area (Å²) in [5, 5.41) is 3.04. The van der Waals surface area contributed by atoms with Gasteiger partial charge in [0.05, 0.1) is 0 Å². The highest BCUT2D eigenvalue weighted by molar-refractivity contribution is 5.76. The number of carbonyl (C=O) groups is 1. The summed E-state index contributed by atoms with van der Waals surface area (Å²) < 4.78 is 0. The van der Waals surface area contributed by atoms with E-state index in [2.05, 4.69) is 36.0 Å². The second-order valence-corrected chi connectivity index (χ2v) is 6.78. The van der Waals surface area contributed by atoms with Crippen molar-refractivity contribution in [3.63, 3.8) is 0 Å². The van der Waals surface area contributed by atoms with E-state index in [1.807, 2.05) is 0 Å². The molecule has 1 unspecified atom stereocenters. The smallest absolute Gasteiger partial charge is 0.220 e. The molecule has 0 spiro atoms. The van der Waals surface area contributed by atoms with Crippen molar-refractivity contribution in [3.05, 3.63) is 0 Å². The fourth-order valence-electron chi connectivity index (χ4n) is 2.87. The molecule has 1 fully saturated rings. The van der Waals surface area contributed by atoms with Gasteiger partial charge in [-0.05, 0) is 44.8 Å². The van der Waals surface area contributed by atoms with Gasteiger partial charge in [-0.25, -0.2) is 0 Å².